The lowest BCUT2D eigenvalue weighted by molar-refractivity contribution is -0.130. The summed E-state index contributed by atoms with van der Waals surface area (Å²) in [6, 6.07) is 4.34. The predicted molar refractivity (Wildman–Crippen MR) is 84.1 cm³/mol. The van der Waals surface area contributed by atoms with E-state index in [4.69, 9.17) is 4.18 Å². The van der Waals surface area contributed by atoms with E-state index in [-0.39, 0.29) is 11.4 Å². The van der Waals surface area contributed by atoms with Crippen LogP contribution in [0.5, 0.6) is 0 Å². The number of carbonyl (C=O) groups excluding carboxylic acids is 1. The van der Waals surface area contributed by atoms with Gasteiger partial charge in [-0.1, -0.05) is 31.1 Å². The Morgan fingerprint density at radius 1 is 1.11 bits per heavy atom. The van der Waals surface area contributed by atoms with Crippen molar-refractivity contribution in [3.63, 3.8) is 0 Å². The molecule has 0 aromatic heterocycles. The molecule has 0 radical (unpaired) electrons. The summed E-state index contributed by atoms with van der Waals surface area (Å²) in [5.74, 6) is -0.213. The molecule has 0 amide bonds. The molecule has 0 aliphatic heterocycles. The summed E-state index contributed by atoms with van der Waals surface area (Å²) in [6.07, 6.45) is 4.03. The number of rotatable bonds is 2. The summed E-state index contributed by atoms with van der Waals surface area (Å²) in [6.45, 7) is 12.4. The molecule has 0 atom stereocenters. The molecular weight excluding hydrogens is 256 g/mol. The van der Waals surface area contributed by atoms with Gasteiger partial charge in [0.05, 0.1) is 0 Å². The second kappa shape index (κ2) is 5.20. The van der Waals surface area contributed by atoms with Crippen molar-refractivity contribution in [2.45, 2.75) is 51.9 Å². The summed E-state index contributed by atoms with van der Waals surface area (Å²) >= 11 is 0. The molecule has 1 aromatic carbocycles. The summed E-state index contributed by atoms with van der Waals surface area (Å²) in [7, 11) is -1.52. The first-order chi connectivity index (χ1) is 8.45. The SMILES string of the molecule is CC(=O)OS(C)(C)c1cc(C)c(C(C)(C)C)c(C)c1. The molecule has 1 rings (SSSR count). The summed E-state index contributed by atoms with van der Waals surface area (Å²) in [4.78, 5) is 12.4. The second-order valence-corrected chi connectivity index (χ2v) is 9.59. The highest BCUT2D eigenvalue weighted by Crippen LogP contribution is 2.51. The Balaban J connectivity index is 3.33. The zero-order valence-corrected chi connectivity index (χ0v) is 14.2. The van der Waals surface area contributed by atoms with E-state index < -0.39 is 10.3 Å². The van der Waals surface area contributed by atoms with Crippen molar-refractivity contribution in [1.29, 1.82) is 0 Å². The average Bonchev–Trinajstić information content (AvgIpc) is 2.11. The zero-order chi connectivity index (χ0) is 15.0. The van der Waals surface area contributed by atoms with Crippen LogP contribution in [0.3, 0.4) is 0 Å². The molecular formula is C16H26O2S. The van der Waals surface area contributed by atoms with Gasteiger partial charge in [0.1, 0.15) is 0 Å². The van der Waals surface area contributed by atoms with E-state index in [9.17, 15) is 4.79 Å². The molecule has 0 aliphatic carbocycles. The van der Waals surface area contributed by atoms with Gasteiger partial charge in [-0.2, -0.15) is 0 Å². The summed E-state index contributed by atoms with van der Waals surface area (Å²) in [5, 5.41) is 0. The first-order valence-corrected chi connectivity index (χ1v) is 8.87. The van der Waals surface area contributed by atoms with Gasteiger partial charge >= 0.3 is 5.97 Å². The highest BCUT2D eigenvalue weighted by Gasteiger charge is 2.24. The van der Waals surface area contributed by atoms with Gasteiger partial charge in [-0.05, 0) is 48.1 Å². The Kier molecular flexibility index (Phi) is 4.40. The second-order valence-electron chi connectivity index (χ2n) is 6.49. The van der Waals surface area contributed by atoms with Gasteiger partial charge in [0.2, 0.25) is 0 Å². The van der Waals surface area contributed by atoms with E-state index in [1.54, 1.807) is 0 Å². The molecule has 0 saturated heterocycles. The van der Waals surface area contributed by atoms with Crippen LogP contribution in [0.1, 0.15) is 44.4 Å². The maximum atomic E-state index is 11.2. The van der Waals surface area contributed by atoms with Crippen LogP contribution in [0.15, 0.2) is 17.0 Å². The van der Waals surface area contributed by atoms with Crippen LogP contribution in [-0.2, 0) is 14.4 Å². The van der Waals surface area contributed by atoms with E-state index in [1.807, 2.05) is 12.5 Å². The fourth-order valence-corrected chi connectivity index (χ4v) is 4.34. The zero-order valence-electron chi connectivity index (χ0n) is 13.4. The normalized spacial score (nSPS) is 13.3. The van der Waals surface area contributed by atoms with Crippen molar-refractivity contribution in [2.24, 2.45) is 0 Å². The van der Waals surface area contributed by atoms with Gasteiger partial charge in [-0.25, -0.2) is 0 Å². The molecule has 0 heterocycles. The number of aryl methyl sites for hydroxylation is 2. The maximum Gasteiger partial charge on any atom is 0.313 e. The van der Waals surface area contributed by atoms with Crippen molar-refractivity contribution >= 4 is 16.3 Å². The van der Waals surface area contributed by atoms with Crippen LogP contribution >= 0.6 is 10.3 Å². The number of benzene rings is 1. The van der Waals surface area contributed by atoms with E-state index in [0.717, 1.165) is 4.90 Å². The average molecular weight is 282 g/mol. The smallest absolute Gasteiger partial charge is 0.313 e. The molecule has 0 fully saturated rings. The Morgan fingerprint density at radius 3 is 1.84 bits per heavy atom. The van der Waals surface area contributed by atoms with E-state index in [0.29, 0.717) is 0 Å². The fraction of sp³-hybridized carbons (Fsp3) is 0.562. The minimum Gasteiger partial charge on any atom is -0.412 e. The minimum absolute atomic E-state index is 0.133. The molecule has 0 bridgehead atoms. The molecule has 0 N–H and O–H groups in total. The van der Waals surface area contributed by atoms with Crippen LogP contribution in [0, 0.1) is 13.8 Å². The lowest BCUT2D eigenvalue weighted by Gasteiger charge is -2.33. The van der Waals surface area contributed by atoms with Gasteiger partial charge in [-0.15, -0.1) is 0 Å². The lowest BCUT2D eigenvalue weighted by atomic mass is 9.81. The lowest BCUT2D eigenvalue weighted by Crippen LogP contribution is -2.16. The summed E-state index contributed by atoms with van der Waals surface area (Å²) < 4.78 is 5.50. The van der Waals surface area contributed by atoms with Crippen molar-refractivity contribution < 1.29 is 8.98 Å². The van der Waals surface area contributed by atoms with Crippen molar-refractivity contribution in [2.75, 3.05) is 12.5 Å². The third kappa shape index (κ3) is 3.75. The van der Waals surface area contributed by atoms with Crippen LogP contribution in [0.25, 0.3) is 0 Å². The quantitative estimate of drug-likeness (QED) is 0.798. The fourth-order valence-electron chi connectivity index (χ4n) is 2.73. The third-order valence-corrected chi connectivity index (χ3v) is 5.17. The topological polar surface area (TPSA) is 26.3 Å². The van der Waals surface area contributed by atoms with E-state index in [1.165, 1.54) is 23.6 Å². The van der Waals surface area contributed by atoms with Crippen molar-refractivity contribution in [1.82, 2.24) is 0 Å². The summed E-state index contributed by atoms with van der Waals surface area (Å²) in [5.41, 5.74) is 4.06. The molecule has 0 spiro atoms. The van der Waals surface area contributed by atoms with Gasteiger partial charge in [0.15, 0.2) is 0 Å². The van der Waals surface area contributed by atoms with Crippen LogP contribution < -0.4 is 0 Å². The predicted octanol–water partition coefficient (Wildman–Crippen LogP) is 4.50. The number of carbonyl (C=O) groups is 1. The molecule has 19 heavy (non-hydrogen) atoms. The van der Waals surface area contributed by atoms with Crippen molar-refractivity contribution in [3.8, 4) is 0 Å². The van der Waals surface area contributed by atoms with E-state index in [2.05, 4.69) is 46.8 Å². The minimum atomic E-state index is -1.52. The van der Waals surface area contributed by atoms with Crippen molar-refractivity contribution in [3.05, 3.63) is 28.8 Å². The standard InChI is InChI=1S/C16H26O2S/c1-11-9-14(19(7,8)18-13(3)17)10-12(2)15(11)16(4,5)6/h9-10H,1-8H3. The maximum absolute atomic E-state index is 11.2. The van der Waals surface area contributed by atoms with E-state index >= 15 is 0 Å². The molecule has 1 aromatic rings. The first-order valence-electron chi connectivity index (χ1n) is 6.50. The van der Waals surface area contributed by atoms with Gasteiger partial charge in [0, 0.05) is 24.3 Å². The Bertz CT molecular complexity index is 473. The van der Waals surface area contributed by atoms with Gasteiger partial charge < -0.3 is 4.18 Å². The largest absolute Gasteiger partial charge is 0.412 e. The van der Waals surface area contributed by atoms with Gasteiger partial charge in [-0.3, -0.25) is 4.79 Å². The molecule has 0 aliphatic rings. The van der Waals surface area contributed by atoms with Crippen LogP contribution in [-0.4, -0.2) is 18.5 Å². The molecule has 0 unspecified atom stereocenters. The first kappa shape index (κ1) is 16.1. The Hall–Kier alpha value is -0.960. The molecule has 2 nitrogen and oxygen atoms in total. The highest BCUT2D eigenvalue weighted by atomic mass is 32.3. The Morgan fingerprint density at radius 2 is 1.53 bits per heavy atom. The van der Waals surface area contributed by atoms with Crippen LogP contribution in [0.4, 0.5) is 0 Å². The Labute approximate surface area is 119 Å². The molecule has 3 heteroatoms. The van der Waals surface area contributed by atoms with Gasteiger partial charge in [0.25, 0.3) is 0 Å². The monoisotopic (exact) mass is 282 g/mol. The third-order valence-electron chi connectivity index (χ3n) is 3.15. The molecule has 0 saturated carbocycles. The number of hydrogen-bond acceptors (Lipinski definition) is 2. The number of hydrogen-bond donors (Lipinski definition) is 0. The highest BCUT2D eigenvalue weighted by molar-refractivity contribution is 8.29. The van der Waals surface area contributed by atoms with Crippen LogP contribution in [0.2, 0.25) is 0 Å². The molecule has 108 valence electrons.